The van der Waals surface area contributed by atoms with Gasteiger partial charge in [-0.2, -0.15) is 5.26 Å². The van der Waals surface area contributed by atoms with Crippen molar-refractivity contribution in [3.63, 3.8) is 0 Å². The molecule has 0 unspecified atom stereocenters. The van der Waals surface area contributed by atoms with E-state index in [1.165, 1.54) is 54.9 Å². The lowest BCUT2D eigenvalue weighted by Gasteiger charge is -2.30. The van der Waals surface area contributed by atoms with Crippen molar-refractivity contribution in [2.75, 3.05) is 0 Å². The van der Waals surface area contributed by atoms with E-state index in [0.29, 0.717) is 0 Å². The molecular formula is C69H105N3S. The van der Waals surface area contributed by atoms with Gasteiger partial charge in [-0.1, -0.05) is 262 Å². The summed E-state index contributed by atoms with van der Waals surface area (Å²) in [6, 6.07) is 27.6. The highest BCUT2D eigenvalue weighted by molar-refractivity contribution is 7.10. The van der Waals surface area contributed by atoms with Gasteiger partial charge in [0, 0.05) is 17.3 Å². The quantitative estimate of drug-likeness (QED) is 0.145. The first-order valence-corrected chi connectivity index (χ1v) is 27.6. The summed E-state index contributed by atoms with van der Waals surface area (Å²) in [4.78, 5) is 9.27. The first-order chi connectivity index (χ1) is 32.5. The molecule has 0 fully saturated rings. The van der Waals surface area contributed by atoms with Crippen LogP contribution in [-0.4, -0.2) is 4.98 Å². The van der Waals surface area contributed by atoms with E-state index in [2.05, 4.69) is 278 Å². The number of hydrogen-bond acceptors (Lipinski definition) is 3. The highest BCUT2D eigenvalue weighted by Gasteiger charge is 2.30. The number of rotatable bonds is 0. The molecule has 5 rings (SSSR count). The fraction of sp³-hybridized carbons (Fsp3) is 0.580. The van der Waals surface area contributed by atoms with E-state index < -0.39 is 0 Å². The van der Waals surface area contributed by atoms with Gasteiger partial charge < -0.3 is 0 Å². The fourth-order valence-electron chi connectivity index (χ4n) is 8.87. The molecule has 3 nitrogen and oxygen atoms in total. The summed E-state index contributed by atoms with van der Waals surface area (Å²) in [6.07, 6.45) is 3.89. The molecule has 4 heteroatoms. The Morgan fingerprint density at radius 2 is 0.781 bits per heavy atom. The molecule has 0 radical (unpaired) electrons. The lowest BCUT2D eigenvalue weighted by Crippen LogP contribution is -2.23. The molecule has 0 aliphatic rings. The lowest BCUT2D eigenvalue weighted by molar-refractivity contribution is 0.527. The topological polar surface area (TPSA) is 41.0 Å². The minimum absolute atomic E-state index is 0.00887. The van der Waals surface area contributed by atoms with Crippen LogP contribution in [0.25, 0.3) is 4.85 Å². The number of nitrogens with zero attached hydrogens (tertiary/aromatic N) is 3. The molecule has 0 saturated heterocycles. The van der Waals surface area contributed by atoms with Gasteiger partial charge in [0.2, 0.25) is 0 Å². The Morgan fingerprint density at radius 3 is 1.11 bits per heavy atom. The van der Waals surface area contributed by atoms with Crippen LogP contribution in [0.3, 0.4) is 0 Å². The highest BCUT2D eigenvalue weighted by atomic mass is 32.1. The molecule has 0 aliphatic carbocycles. The van der Waals surface area contributed by atoms with E-state index in [4.69, 9.17) is 6.57 Å². The zero-order chi connectivity index (χ0) is 57.4. The molecule has 3 aromatic carbocycles. The Labute approximate surface area is 455 Å². The van der Waals surface area contributed by atoms with Crippen LogP contribution in [0.1, 0.15) is 268 Å². The van der Waals surface area contributed by atoms with Gasteiger partial charge in [-0.15, -0.1) is 11.3 Å². The van der Waals surface area contributed by atoms with Gasteiger partial charge in [0.05, 0.1) is 18.2 Å². The molecule has 2 aromatic heterocycles. The maximum Gasteiger partial charge on any atom is 0.187 e. The second-order valence-corrected chi connectivity index (χ2v) is 31.2. The first-order valence-electron chi connectivity index (χ1n) is 26.7. The third-order valence-electron chi connectivity index (χ3n) is 12.6. The van der Waals surface area contributed by atoms with E-state index in [1.807, 2.05) is 48.0 Å². The van der Waals surface area contributed by atoms with Crippen molar-refractivity contribution in [2.45, 2.75) is 262 Å². The first kappa shape index (κ1) is 66.5. The molecule has 0 aliphatic heterocycles. The SMILES string of the molecule is CC(C)(C)c1cccc(C#N)c1C(C)(C)C.CC(C)(C)c1ccccc1C(C)(C)C.CC(C)(C)c1ccncc1C(C)(C)C.CC(C)(C)c1ccsc1C(C)(C)C.[C-]#[N+]c1ccc(C(C)(C)C)c(C(C)(C)C)c1. The molecule has 73 heavy (non-hydrogen) atoms. The predicted octanol–water partition coefficient (Wildman–Crippen LogP) is 21.3. The Bertz CT molecular complexity index is 2430. The van der Waals surface area contributed by atoms with Gasteiger partial charge in [-0.25, -0.2) is 4.85 Å². The van der Waals surface area contributed by atoms with Gasteiger partial charge in [0.1, 0.15) is 0 Å². The molecule has 0 spiro atoms. The maximum atomic E-state index is 9.22. The van der Waals surface area contributed by atoms with Crippen LogP contribution >= 0.6 is 11.3 Å². The van der Waals surface area contributed by atoms with E-state index in [1.54, 1.807) is 0 Å². The van der Waals surface area contributed by atoms with Crippen LogP contribution in [0.2, 0.25) is 0 Å². The lowest BCUT2D eigenvalue weighted by atomic mass is 9.73. The van der Waals surface area contributed by atoms with E-state index in [0.717, 1.165) is 11.3 Å². The average molecular weight is 1010 g/mol. The Hall–Kier alpha value is -4.51. The van der Waals surface area contributed by atoms with Gasteiger partial charge in [0.15, 0.2) is 5.69 Å². The van der Waals surface area contributed by atoms with Crippen molar-refractivity contribution in [1.29, 1.82) is 5.26 Å². The fourth-order valence-corrected chi connectivity index (χ4v) is 10.1. The second-order valence-electron chi connectivity index (χ2n) is 30.3. The third kappa shape index (κ3) is 20.6. The van der Waals surface area contributed by atoms with Crippen molar-refractivity contribution >= 4 is 17.0 Å². The highest BCUT2D eigenvalue weighted by Crippen LogP contribution is 2.40. The van der Waals surface area contributed by atoms with Crippen LogP contribution in [-0.2, 0) is 54.1 Å². The summed E-state index contributed by atoms with van der Waals surface area (Å²) in [5.74, 6) is 0. The Morgan fingerprint density at radius 1 is 0.397 bits per heavy atom. The standard InChI is InChI=1S/2C15H21N.C14H22.C13H21N.C12H20S/c1-14(2,3)12-9-8-11(16-7)10-13(12)15(4,5)6;1-14(2,3)12-9-7-8-11(10-16)13(12)15(4,5)6;1-13(2,3)11-9-7-8-10-12(11)14(4,5)6;1-12(2,3)10-7-8-14-9-11(10)13(4,5)6;1-11(2,3)9-7-8-13-10(9)12(4,5)6/h8-10H,1-6H3;7-9H,1-6H3;7-10H,1-6H3;7-9H,1-6H3;7-8H,1-6H3. The number of pyridine rings is 1. The van der Waals surface area contributed by atoms with Crippen LogP contribution < -0.4 is 0 Å². The zero-order valence-electron chi connectivity index (χ0n) is 52.4. The molecule has 0 bridgehead atoms. The summed E-state index contributed by atoms with van der Waals surface area (Å²) in [5, 5.41) is 11.4. The third-order valence-corrected chi connectivity index (χ3v) is 14.0. The van der Waals surface area contributed by atoms with Crippen molar-refractivity contribution in [3.05, 3.63) is 162 Å². The smallest absolute Gasteiger partial charge is 0.187 e. The molecular weight excluding hydrogens is 903 g/mol. The Kier molecular flexibility index (Phi) is 22.3. The van der Waals surface area contributed by atoms with Crippen LogP contribution in [0.5, 0.6) is 0 Å². The van der Waals surface area contributed by atoms with Crippen molar-refractivity contribution in [2.24, 2.45) is 0 Å². The summed E-state index contributed by atoms with van der Waals surface area (Å²) < 4.78 is 0. The average Bonchev–Trinajstić information content (AvgIpc) is 3.75. The number of benzene rings is 3. The van der Waals surface area contributed by atoms with Gasteiger partial charge in [0.25, 0.3) is 0 Å². The van der Waals surface area contributed by atoms with E-state index >= 15 is 0 Å². The number of nitriles is 1. The molecule has 0 N–H and O–H groups in total. The van der Waals surface area contributed by atoms with Gasteiger partial charge >= 0.3 is 0 Å². The van der Waals surface area contributed by atoms with Crippen LogP contribution in [0.4, 0.5) is 5.69 Å². The Balaban J connectivity index is 0.000000457. The minimum Gasteiger partial charge on any atom is -0.264 e. The predicted molar refractivity (Wildman–Crippen MR) is 326 cm³/mol. The molecule has 0 amide bonds. The summed E-state index contributed by atoms with van der Waals surface area (Å²) >= 11 is 1.88. The molecule has 0 saturated carbocycles. The monoisotopic (exact) mass is 1010 g/mol. The molecule has 5 aromatic rings. The molecule has 0 atom stereocenters. The summed E-state index contributed by atoms with van der Waals surface area (Å²) in [7, 11) is 0. The van der Waals surface area contributed by atoms with Crippen molar-refractivity contribution < 1.29 is 0 Å². The molecule has 402 valence electrons. The number of aromatic nitrogens is 1. The minimum atomic E-state index is 0.00887. The van der Waals surface area contributed by atoms with Gasteiger partial charge in [-0.05, 0) is 128 Å². The maximum absolute atomic E-state index is 9.22. The number of thiophene rings is 1. The van der Waals surface area contributed by atoms with Gasteiger partial charge in [-0.3, -0.25) is 4.98 Å². The largest absolute Gasteiger partial charge is 0.264 e. The van der Waals surface area contributed by atoms with Crippen LogP contribution in [0, 0.1) is 17.9 Å². The summed E-state index contributed by atoms with van der Waals surface area (Å²) in [6.45, 7) is 74.2. The van der Waals surface area contributed by atoms with E-state index in [9.17, 15) is 5.26 Å². The van der Waals surface area contributed by atoms with Crippen LogP contribution in [0.15, 0.2) is 90.6 Å². The van der Waals surface area contributed by atoms with Crippen molar-refractivity contribution in [1.82, 2.24) is 4.98 Å². The van der Waals surface area contributed by atoms with Crippen molar-refractivity contribution in [3.8, 4) is 6.07 Å². The zero-order valence-corrected chi connectivity index (χ0v) is 53.2. The second kappa shape index (κ2) is 24.4. The molecule has 2 heterocycles. The van der Waals surface area contributed by atoms with E-state index in [-0.39, 0.29) is 54.1 Å². The normalized spacial score (nSPS) is 12.8. The summed E-state index contributed by atoms with van der Waals surface area (Å²) in [5.41, 5.74) is 15.5. The number of hydrogen-bond donors (Lipinski definition) is 0.